The van der Waals surface area contributed by atoms with Crippen LogP contribution in [-0.2, 0) is 0 Å². The van der Waals surface area contributed by atoms with Gasteiger partial charge in [-0.05, 0) is 32.6 Å². The number of nitriles is 1. The summed E-state index contributed by atoms with van der Waals surface area (Å²) in [6.07, 6.45) is 2.70. The van der Waals surface area contributed by atoms with Crippen molar-refractivity contribution in [3.05, 3.63) is 0 Å². The summed E-state index contributed by atoms with van der Waals surface area (Å²) in [6, 6.07) is 2.25. The first-order valence-corrected chi connectivity index (χ1v) is 5.02. The van der Waals surface area contributed by atoms with Crippen LogP contribution in [0.5, 0.6) is 0 Å². The first kappa shape index (κ1) is 10.5. The van der Waals surface area contributed by atoms with Crippen molar-refractivity contribution in [1.82, 2.24) is 4.90 Å². The van der Waals surface area contributed by atoms with Gasteiger partial charge in [0.2, 0.25) is 0 Å². The Balaban J connectivity index is 2.32. The Hall–Kier alpha value is -0.590. The Morgan fingerprint density at radius 1 is 1.54 bits per heavy atom. The van der Waals surface area contributed by atoms with E-state index >= 15 is 0 Å². The SMILES string of the molecule is CC(C)N(CC(N)C#N)CC1CC1. The van der Waals surface area contributed by atoms with Crippen LogP contribution in [0.15, 0.2) is 0 Å². The van der Waals surface area contributed by atoms with Gasteiger partial charge in [-0.2, -0.15) is 5.26 Å². The molecule has 0 aliphatic heterocycles. The molecule has 3 heteroatoms. The van der Waals surface area contributed by atoms with Crippen LogP contribution in [0.1, 0.15) is 26.7 Å². The molecule has 0 saturated heterocycles. The van der Waals surface area contributed by atoms with Crippen molar-refractivity contribution in [2.75, 3.05) is 13.1 Å². The van der Waals surface area contributed by atoms with E-state index in [1.807, 2.05) is 0 Å². The standard InChI is InChI=1S/C10H19N3/c1-8(2)13(6-9-3-4-9)7-10(12)5-11/h8-10H,3-4,6-7,12H2,1-2H3. The lowest BCUT2D eigenvalue weighted by Crippen LogP contribution is -2.41. The van der Waals surface area contributed by atoms with E-state index in [1.165, 1.54) is 12.8 Å². The van der Waals surface area contributed by atoms with E-state index in [9.17, 15) is 0 Å². The third-order valence-electron chi connectivity index (χ3n) is 2.52. The molecule has 13 heavy (non-hydrogen) atoms. The molecule has 1 rings (SSSR count). The first-order chi connectivity index (χ1) is 6.13. The van der Waals surface area contributed by atoms with Crippen LogP contribution >= 0.6 is 0 Å². The smallest absolute Gasteiger partial charge is 0.106 e. The topological polar surface area (TPSA) is 53.0 Å². The average molecular weight is 181 g/mol. The molecule has 1 fully saturated rings. The lowest BCUT2D eigenvalue weighted by Gasteiger charge is -2.27. The van der Waals surface area contributed by atoms with Crippen LogP contribution in [-0.4, -0.2) is 30.1 Å². The van der Waals surface area contributed by atoms with Gasteiger partial charge >= 0.3 is 0 Å². The van der Waals surface area contributed by atoms with Gasteiger partial charge in [0.25, 0.3) is 0 Å². The molecular weight excluding hydrogens is 162 g/mol. The predicted octanol–water partition coefficient (Wildman–Crippen LogP) is 0.958. The highest BCUT2D eigenvalue weighted by molar-refractivity contribution is 4.91. The Bertz CT molecular complexity index is 191. The van der Waals surface area contributed by atoms with Gasteiger partial charge in [-0.25, -0.2) is 0 Å². The van der Waals surface area contributed by atoms with Crippen LogP contribution in [0.3, 0.4) is 0 Å². The average Bonchev–Trinajstić information content (AvgIpc) is 2.86. The van der Waals surface area contributed by atoms with Gasteiger partial charge in [0.1, 0.15) is 6.04 Å². The molecule has 0 aromatic carbocycles. The Kier molecular flexibility index (Phi) is 3.71. The van der Waals surface area contributed by atoms with E-state index in [2.05, 4.69) is 24.8 Å². The van der Waals surface area contributed by atoms with Crippen molar-refractivity contribution in [1.29, 1.82) is 5.26 Å². The molecule has 0 heterocycles. The summed E-state index contributed by atoms with van der Waals surface area (Å²) in [6.45, 7) is 6.15. The number of hydrogen-bond donors (Lipinski definition) is 1. The number of nitrogens with two attached hydrogens (primary N) is 1. The number of nitrogens with zero attached hydrogens (tertiary/aromatic N) is 2. The zero-order valence-electron chi connectivity index (χ0n) is 8.53. The summed E-state index contributed by atoms with van der Waals surface area (Å²) < 4.78 is 0. The fourth-order valence-corrected chi connectivity index (χ4v) is 1.42. The predicted molar refractivity (Wildman–Crippen MR) is 53.0 cm³/mol. The largest absolute Gasteiger partial charge is 0.315 e. The lowest BCUT2D eigenvalue weighted by atomic mass is 10.2. The van der Waals surface area contributed by atoms with Gasteiger partial charge in [-0.1, -0.05) is 0 Å². The Morgan fingerprint density at radius 3 is 2.54 bits per heavy atom. The highest BCUT2D eigenvalue weighted by atomic mass is 15.2. The zero-order valence-corrected chi connectivity index (χ0v) is 8.53. The summed E-state index contributed by atoms with van der Waals surface area (Å²) >= 11 is 0. The summed E-state index contributed by atoms with van der Waals surface area (Å²) in [5, 5.41) is 8.61. The molecule has 1 aliphatic carbocycles. The van der Waals surface area contributed by atoms with Gasteiger partial charge in [0.05, 0.1) is 6.07 Å². The minimum atomic E-state index is -0.332. The molecule has 1 atom stereocenters. The molecule has 0 amide bonds. The normalized spacial score (nSPS) is 19.1. The van der Waals surface area contributed by atoms with E-state index in [4.69, 9.17) is 11.0 Å². The lowest BCUT2D eigenvalue weighted by molar-refractivity contribution is 0.209. The molecule has 2 N–H and O–H groups in total. The summed E-state index contributed by atoms with van der Waals surface area (Å²) in [7, 11) is 0. The molecule has 1 aliphatic rings. The van der Waals surface area contributed by atoms with Crippen molar-refractivity contribution in [2.24, 2.45) is 11.7 Å². The van der Waals surface area contributed by atoms with Gasteiger partial charge in [0.15, 0.2) is 0 Å². The van der Waals surface area contributed by atoms with E-state index in [1.54, 1.807) is 0 Å². The van der Waals surface area contributed by atoms with Crippen LogP contribution < -0.4 is 5.73 Å². The minimum absolute atomic E-state index is 0.332. The molecule has 0 aromatic heterocycles. The van der Waals surface area contributed by atoms with Crippen LogP contribution in [0.25, 0.3) is 0 Å². The quantitative estimate of drug-likeness (QED) is 0.687. The third kappa shape index (κ3) is 3.75. The van der Waals surface area contributed by atoms with Crippen molar-refractivity contribution >= 4 is 0 Å². The maximum absolute atomic E-state index is 8.61. The van der Waals surface area contributed by atoms with E-state index < -0.39 is 0 Å². The first-order valence-electron chi connectivity index (χ1n) is 5.02. The number of hydrogen-bond acceptors (Lipinski definition) is 3. The minimum Gasteiger partial charge on any atom is -0.315 e. The zero-order chi connectivity index (χ0) is 9.84. The molecule has 0 spiro atoms. The molecule has 3 nitrogen and oxygen atoms in total. The summed E-state index contributed by atoms with van der Waals surface area (Å²) in [5.41, 5.74) is 5.61. The maximum atomic E-state index is 8.61. The highest BCUT2D eigenvalue weighted by Crippen LogP contribution is 2.30. The van der Waals surface area contributed by atoms with Gasteiger partial charge in [0, 0.05) is 19.1 Å². The molecule has 0 radical (unpaired) electrons. The summed E-state index contributed by atoms with van der Waals surface area (Å²) in [4.78, 5) is 2.31. The van der Waals surface area contributed by atoms with Gasteiger partial charge in [-0.15, -0.1) is 0 Å². The molecule has 0 aromatic rings. The molecular formula is C10H19N3. The van der Waals surface area contributed by atoms with Crippen LogP contribution in [0, 0.1) is 17.2 Å². The van der Waals surface area contributed by atoms with Crippen molar-refractivity contribution in [3.8, 4) is 6.07 Å². The summed E-state index contributed by atoms with van der Waals surface area (Å²) in [5.74, 6) is 0.869. The highest BCUT2D eigenvalue weighted by Gasteiger charge is 2.26. The van der Waals surface area contributed by atoms with Crippen LogP contribution in [0.2, 0.25) is 0 Å². The molecule has 74 valence electrons. The van der Waals surface area contributed by atoms with Gasteiger partial charge < -0.3 is 5.73 Å². The fourth-order valence-electron chi connectivity index (χ4n) is 1.42. The maximum Gasteiger partial charge on any atom is 0.106 e. The second-order valence-electron chi connectivity index (χ2n) is 4.23. The van der Waals surface area contributed by atoms with Crippen molar-refractivity contribution < 1.29 is 0 Å². The third-order valence-corrected chi connectivity index (χ3v) is 2.52. The Labute approximate surface area is 80.5 Å². The molecule has 1 saturated carbocycles. The van der Waals surface area contributed by atoms with E-state index in [0.29, 0.717) is 12.6 Å². The number of rotatable bonds is 5. The van der Waals surface area contributed by atoms with Crippen molar-refractivity contribution in [3.63, 3.8) is 0 Å². The monoisotopic (exact) mass is 181 g/mol. The Morgan fingerprint density at radius 2 is 2.15 bits per heavy atom. The van der Waals surface area contributed by atoms with Crippen LogP contribution in [0.4, 0.5) is 0 Å². The van der Waals surface area contributed by atoms with E-state index in [-0.39, 0.29) is 6.04 Å². The van der Waals surface area contributed by atoms with Crippen molar-refractivity contribution in [2.45, 2.75) is 38.8 Å². The van der Waals surface area contributed by atoms with E-state index in [0.717, 1.165) is 12.5 Å². The van der Waals surface area contributed by atoms with Gasteiger partial charge in [-0.3, -0.25) is 4.90 Å². The second-order valence-corrected chi connectivity index (χ2v) is 4.23. The molecule has 0 bridgehead atoms. The molecule has 1 unspecified atom stereocenters. The fraction of sp³-hybridized carbons (Fsp3) is 0.900. The second kappa shape index (κ2) is 4.59.